The van der Waals surface area contributed by atoms with Crippen molar-refractivity contribution in [1.29, 1.82) is 0 Å². The second-order valence-corrected chi connectivity index (χ2v) is 10.2. The summed E-state index contributed by atoms with van der Waals surface area (Å²) in [5.41, 5.74) is 2.40. The number of anilines is 1. The first kappa shape index (κ1) is 29.6. The van der Waals surface area contributed by atoms with Gasteiger partial charge in [-0.05, 0) is 70.4 Å². The van der Waals surface area contributed by atoms with Gasteiger partial charge in [-0.25, -0.2) is 9.59 Å². The second-order valence-electron chi connectivity index (χ2n) is 9.81. The third-order valence-corrected chi connectivity index (χ3v) is 7.42. The Kier molecular flexibility index (Phi) is 10.6. The minimum atomic E-state index is -0.285. The van der Waals surface area contributed by atoms with Crippen LogP contribution in [-0.2, 0) is 6.54 Å². The number of pyridine rings is 1. The summed E-state index contributed by atoms with van der Waals surface area (Å²) in [5.74, 6) is 0.475. The molecule has 0 aromatic carbocycles. The Morgan fingerprint density at radius 2 is 1.89 bits per heavy atom. The lowest BCUT2D eigenvalue weighted by Gasteiger charge is -2.22. The molecule has 208 valence electrons. The van der Waals surface area contributed by atoms with Crippen molar-refractivity contribution in [3.8, 4) is 0 Å². The summed E-state index contributed by atoms with van der Waals surface area (Å²) >= 11 is 6.51. The molecule has 1 aliphatic heterocycles. The number of hydrogen-bond donors (Lipinski definition) is 2. The quantitative estimate of drug-likeness (QED) is 0.403. The molecule has 9 heteroatoms. The van der Waals surface area contributed by atoms with Crippen molar-refractivity contribution >= 4 is 28.9 Å². The summed E-state index contributed by atoms with van der Waals surface area (Å²) in [5, 5.41) is 3.47. The van der Waals surface area contributed by atoms with Crippen LogP contribution in [0.4, 0.5) is 10.5 Å². The predicted octanol–water partition coefficient (Wildman–Crippen LogP) is 6.28. The van der Waals surface area contributed by atoms with Crippen molar-refractivity contribution in [2.45, 2.75) is 85.7 Å². The largest absolute Gasteiger partial charge is 0.325 e. The first-order valence-electron chi connectivity index (χ1n) is 13.9. The molecule has 38 heavy (non-hydrogen) atoms. The number of amides is 2. The van der Waals surface area contributed by atoms with Gasteiger partial charge < -0.3 is 19.8 Å². The number of nitrogens with zero attached hydrogens (tertiary/aromatic N) is 3. The lowest BCUT2D eigenvalue weighted by Crippen LogP contribution is -2.38. The summed E-state index contributed by atoms with van der Waals surface area (Å²) < 4.78 is 3.50. The number of imidazole rings is 1. The Hall–Kier alpha value is -3.00. The van der Waals surface area contributed by atoms with Crippen LogP contribution in [0.2, 0.25) is 0 Å². The van der Waals surface area contributed by atoms with Gasteiger partial charge in [0.05, 0.1) is 5.69 Å². The number of H-pyrrole nitrogens is 1. The first-order chi connectivity index (χ1) is 18.3. The van der Waals surface area contributed by atoms with Gasteiger partial charge in [-0.15, -0.1) is 0 Å². The van der Waals surface area contributed by atoms with Crippen molar-refractivity contribution in [2.75, 3.05) is 18.4 Å². The van der Waals surface area contributed by atoms with Gasteiger partial charge in [0.25, 0.3) is 5.56 Å². The van der Waals surface area contributed by atoms with Crippen molar-refractivity contribution < 1.29 is 4.79 Å². The average molecular weight is 544 g/mol. The van der Waals surface area contributed by atoms with Crippen molar-refractivity contribution in [3.63, 3.8) is 0 Å². The zero-order chi connectivity index (χ0) is 27.8. The maximum absolute atomic E-state index is 13.5. The van der Waals surface area contributed by atoms with Crippen LogP contribution in [-0.4, -0.2) is 38.1 Å². The summed E-state index contributed by atoms with van der Waals surface area (Å²) in [6.45, 7) is 11.5. The maximum Gasteiger partial charge on any atom is 0.325 e. The van der Waals surface area contributed by atoms with E-state index in [1.807, 2.05) is 59.0 Å². The van der Waals surface area contributed by atoms with E-state index < -0.39 is 0 Å². The normalized spacial score (nSPS) is 18.5. The molecule has 3 heterocycles. The third kappa shape index (κ3) is 7.10. The van der Waals surface area contributed by atoms with E-state index in [2.05, 4.69) is 10.3 Å². The molecule has 0 radical (unpaired) electrons. The molecule has 4 rings (SSSR count). The molecule has 2 aliphatic rings. The number of hydrogen-bond acceptors (Lipinski definition) is 3. The highest BCUT2D eigenvalue weighted by molar-refractivity contribution is 6.36. The zero-order valence-corrected chi connectivity index (χ0v) is 24.1. The molecular formula is C29H42ClN5O3. The van der Waals surface area contributed by atoms with Crippen LogP contribution >= 0.6 is 11.6 Å². The Balaban J connectivity index is 0.00000195. The number of urea groups is 1. The highest BCUT2D eigenvalue weighted by atomic mass is 35.5. The number of aromatic nitrogens is 3. The fourth-order valence-corrected chi connectivity index (χ4v) is 5.06. The third-order valence-electron chi connectivity index (χ3n) is 7.00. The number of halogens is 1. The number of aryl methyl sites for hydroxylation is 1. The molecule has 2 fully saturated rings. The molecule has 0 bridgehead atoms. The zero-order valence-electron chi connectivity index (χ0n) is 23.3. The molecule has 1 unspecified atom stereocenters. The summed E-state index contributed by atoms with van der Waals surface area (Å²) in [6, 6.07) is 3.33. The smallest absolute Gasteiger partial charge is 0.324 e. The summed E-state index contributed by atoms with van der Waals surface area (Å²) in [4.78, 5) is 43.4. The van der Waals surface area contributed by atoms with Crippen LogP contribution in [0.1, 0.15) is 83.6 Å². The van der Waals surface area contributed by atoms with Crippen LogP contribution in [0.5, 0.6) is 0 Å². The number of allylic oxidation sites excluding steroid dienone is 4. The lowest BCUT2D eigenvalue weighted by molar-refractivity contribution is 0.213. The van der Waals surface area contributed by atoms with E-state index in [-0.39, 0.29) is 29.0 Å². The number of carbonyl (C=O) groups is 1. The first-order valence-corrected chi connectivity index (χ1v) is 14.3. The SMILES string of the molecule is C/C=C(Cl)\C(=C/CC)c1ccc(NC(=O)N2CCCC(n3cc(C)[nH]c3=O)CC2)c(=O)n1CC1CC1.CC. The van der Waals surface area contributed by atoms with Crippen LogP contribution in [0, 0.1) is 12.8 Å². The number of carbonyl (C=O) groups excluding carboxylic acids is 1. The van der Waals surface area contributed by atoms with Gasteiger partial charge in [0.1, 0.15) is 5.69 Å². The Bertz CT molecular complexity index is 1280. The standard InChI is InChI=1S/C27H36ClN5O3.C2H6/c1-4-7-21(22(28)5-2)24-12-11-23(25(34)33(24)17-19-9-10-19)30-26(35)31-14-6-8-20(13-15-31)32-16-18(3)29-27(32)36;1-2/h5,7,11-12,16,19-20H,4,6,8-10,13-15,17H2,1-3H3,(H,29,36)(H,30,35);1-2H3/b21-7+,22-5+;. The molecular weight excluding hydrogens is 502 g/mol. The minimum absolute atomic E-state index is 0.0513. The molecule has 0 spiro atoms. The molecule has 2 N–H and O–H groups in total. The summed E-state index contributed by atoms with van der Waals surface area (Å²) in [7, 11) is 0. The fraction of sp³-hybridized carbons (Fsp3) is 0.552. The Morgan fingerprint density at radius 1 is 1.16 bits per heavy atom. The Labute approximate surface area is 230 Å². The second kappa shape index (κ2) is 13.7. The van der Waals surface area contributed by atoms with Gasteiger partial charge in [-0.2, -0.15) is 0 Å². The molecule has 8 nitrogen and oxygen atoms in total. The maximum atomic E-state index is 13.5. The van der Waals surface area contributed by atoms with Gasteiger partial charge in [-0.3, -0.25) is 9.36 Å². The van der Waals surface area contributed by atoms with E-state index in [1.54, 1.807) is 20.1 Å². The van der Waals surface area contributed by atoms with Crippen LogP contribution in [0.15, 0.2) is 45.1 Å². The van der Waals surface area contributed by atoms with Gasteiger partial charge in [0.2, 0.25) is 0 Å². The van der Waals surface area contributed by atoms with Gasteiger partial charge in [0.15, 0.2) is 0 Å². The number of aromatic amines is 1. The van der Waals surface area contributed by atoms with Crippen molar-refractivity contribution in [1.82, 2.24) is 19.0 Å². The van der Waals surface area contributed by atoms with Gasteiger partial charge in [-0.1, -0.05) is 44.5 Å². The van der Waals surface area contributed by atoms with E-state index in [9.17, 15) is 14.4 Å². The van der Waals surface area contributed by atoms with Gasteiger partial charge in [0, 0.05) is 48.2 Å². The molecule has 1 saturated heterocycles. The van der Waals surface area contributed by atoms with E-state index in [1.165, 1.54) is 0 Å². The molecule has 2 amide bonds. The van der Waals surface area contributed by atoms with Crippen molar-refractivity contribution in [2.24, 2.45) is 5.92 Å². The lowest BCUT2D eigenvalue weighted by atomic mass is 10.1. The molecule has 1 atom stereocenters. The topological polar surface area (TPSA) is 92.1 Å². The number of nitrogens with one attached hydrogen (secondary N) is 2. The fourth-order valence-electron chi connectivity index (χ4n) is 4.89. The van der Waals surface area contributed by atoms with E-state index >= 15 is 0 Å². The number of likely N-dealkylation sites (tertiary alicyclic amines) is 1. The van der Waals surface area contributed by atoms with E-state index in [4.69, 9.17) is 11.6 Å². The van der Waals surface area contributed by atoms with Gasteiger partial charge >= 0.3 is 11.7 Å². The molecule has 2 aromatic rings. The molecule has 1 aliphatic carbocycles. The average Bonchev–Trinajstić information content (AvgIpc) is 3.71. The predicted molar refractivity (Wildman–Crippen MR) is 156 cm³/mol. The highest BCUT2D eigenvalue weighted by Gasteiger charge is 2.27. The monoisotopic (exact) mass is 543 g/mol. The molecule has 2 aromatic heterocycles. The summed E-state index contributed by atoms with van der Waals surface area (Å²) in [6.07, 6.45) is 11.0. The van der Waals surface area contributed by atoms with Crippen molar-refractivity contribution in [3.05, 3.63) is 67.7 Å². The van der Waals surface area contributed by atoms with Crippen LogP contribution < -0.4 is 16.6 Å². The van der Waals surface area contributed by atoms with Crippen LogP contribution in [0.25, 0.3) is 5.57 Å². The minimum Gasteiger partial charge on any atom is -0.324 e. The highest BCUT2D eigenvalue weighted by Crippen LogP contribution is 2.33. The van der Waals surface area contributed by atoms with E-state index in [0.29, 0.717) is 37.0 Å². The Morgan fingerprint density at radius 3 is 2.50 bits per heavy atom. The molecule has 1 saturated carbocycles. The van der Waals surface area contributed by atoms with E-state index in [0.717, 1.165) is 49.1 Å². The number of rotatable bonds is 7. The van der Waals surface area contributed by atoms with Crippen LogP contribution in [0.3, 0.4) is 0 Å².